The fourth-order valence-corrected chi connectivity index (χ4v) is 2.22. The molecule has 3 N–H and O–H groups in total. The Hall–Kier alpha value is -2.33. The molecule has 2 aromatic rings. The second-order valence-electron chi connectivity index (χ2n) is 4.86. The molecule has 4 nitrogen and oxygen atoms in total. The second-order valence-corrected chi connectivity index (χ2v) is 4.86. The van der Waals surface area contributed by atoms with E-state index in [1.54, 1.807) is 7.11 Å². The highest BCUT2D eigenvalue weighted by Gasteiger charge is 2.19. The Morgan fingerprint density at radius 1 is 1.10 bits per heavy atom. The molecule has 1 amide bonds. The predicted octanol–water partition coefficient (Wildman–Crippen LogP) is 2.57. The molecule has 0 aromatic heterocycles. The van der Waals surface area contributed by atoms with Crippen LogP contribution in [0, 0.1) is 0 Å². The van der Waals surface area contributed by atoms with Gasteiger partial charge in [0, 0.05) is 5.56 Å². The quantitative estimate of drug-likeness (QED) is 0.887. The number of hydrogen-bond acceptors (Lipinski definition) is 3. The van der Waals surface area contributed by atoms with Crippen LogP contribution in [-0.2, 0) is 4.79 Å². The van der Waals surface area contributed by atoms with Crippen LogP contribution in [0.15, 0.2) is 54.6 Å². The van der Waals surface area contributed by atoms with Crippen LogP contribution in [0.25, 0.3) is 0 Å². The summed E-state index contributed by atoms with van der Waals surface area (Å²) in [5, 5.41) is 2.93. The summed E-state index contributed by atoms with van der Waals surface area (Å²) < 4.78 is 5.31. The van der Waals surface area contributed by atoms with Crippen molar-refractivity contribution in [2.75, 3.05) is 7.11 Å². The Balaban J connectivity index is 2.09. The number of hydrogen-bond donors (Lipinski definition) is 2. The molecule has 0 radical (unpaired) electrons. The van der Waals surface area contributed by atoms with Gasteiger partial charge in [-0.25, -0.2) is 0 Å². The highest BCUT2D eigenvalue weighted by molar-refractivity contribution is 5.83. The standard InChI is InChI=1S/C17H20N2O2/c1-12(14-10-6-7-11-15(14)21-2)19-17(20)16(18)13-8-4-3-5-9-13/h3-12,16H,18H2,1-2H3,(H,19,20)/t12?,16-/m0/s1. The van der Waals surface area contributed by atoms with E-state index < -0.39 is 6.04 Å². The third kappa shape index (κ3) is 3.61. The van der Waals surface area contributed by atoms with Gasteiger partial charge in [-0.05, 0) is 18.6 Å². The lowest BCUT2D eigenvalue weighted by molar-refractivity contribution is -0.123. The molecule has 2 aromatic carbocycles. The first-order valence-electron chi connectivity index (χ1n) is 6.87. The van der Waals surface area contributed by atoms with Crippen molar-refractivity contribution in [3.8, 4) is 5.75 Å². The number of benzene rings is 2. The highest BCUT2D eigenvalue weighted by atomic mass is 16.5. The zero-order chi connectivity index (χ0) is 15.2. The Kier molecular flexibility index (Phi) is 4.95. The first-order valence-corrected chi connectivity index (χ1v) is 6.87. The van der Waals surface area contributed by atoms with Crippen molar-refractivity contribution in [2.24, 2.45) is 5.73 Å². The van der Waals surface area contributed by atoms with Crippen LogP contribution in [0.1, 0.15) is 30.1 Å². The Bertz CT molecular complexity index is 599. The van der Waals surface area contributed by atoms with Gasteiger partial charge >= 0.3 is 0 Å². The molecule has 4 heteroatoms. The summed E-state index contributed by atoms with van der Waals surface area (Å²) in [6, 6.07) is 16.1. The molecule has 0 aliphatic carbocycles. The Morgan fingerprint density at radius 3 is 2.38 bits per heavy atom. The Labute approximate surface area is 124 Å². The van der Waals surface area contributed by atoms with E-state index in [-0.39, 0.29) is 11.9 Å². The van der Waals surface area contributed by atoms with Crippen molar-refractivity contribution in [1.29, 1.82) is 0 Å². The van der Waals surface area contributed by atoms with Gasteiger partial charge < -0.3 is 15.8 Å². The molecule has 2 rings (SSSR count). The van der Waals surface area contributed by atoms with E-state index in [1.807, 2.05) is 61.5 Å². The fourth-order valence-electron chi connectivity index (χ4n) is 2.22. The Morgan fingerprint density at radius 2 is 1.71 bits per heavy atom. The maximum Gasteiger partial charge on any atom is 0.241 e. The van der Waals surface area contributed by atoms with E-state index in [4.69, 9.17) is 10.5 Å². The summed E-state index contributed by atoms with van der Waals surface area (Å²) in [4.78, 5) is 12.2. The zero-order valence-corrected chi connectivity index (χ0v) is 12.2. The molecule has 0 saturated heterocycles. The zero-order valence-electron chi connectivity index (χ0n) is 12.2. The summed E-state index contributed by atoms with van der Waals surface area (Å²) in [7, 11) is 1.61. The molecule has 0 spiro atoms. The van der Waals surface area contributed by atoms with Gasteiger partial charge in [-0.3, -0.25) is 4.79 Å². The van der Waals surface area contributed by atoms with Gasteiger partial charge in [0.15, 0.2) is 0 Å². The summed E-state index contributed by atoms with van der Waals surface area (Å²) in [6.45, 7) is 1.91. The number of rotatable bonds is 5. The first kappa shape index (κ1) is 15.1. The summed E-state index contributed by atoms with van der Waals surface area (Å²) in [5.74, 6) is 0.540. The summed E-state index contributed by atoms with van der Waals surface area (Å²) in [6.07, 6.45) is 0. The van der Waals surface area contributed by atoms with Crippen molar-refractivity contribution >= 4 is 5.91 Å². The van der Waals surface area contributed by atoms with Crippen LogP contribution in [0.4, 0.5) is 0 Å². The minimum atomic E-state index is -0.677. The van der Waals surface area contributed by atoms with Crippen molar-refractivity contribution in [3.63, 3.8) is 0 Å². The lowest BCUT2D eigenvalue weighted by atomic mass is 10.0. The predicted molar refractivity (Wildman–Crippen MR) is 82.9 cm³/mol. The van der Waals surface area contributed by atoms with Gasteiger partial charge in [-0.2, -0.15) is 0 Å². The average molecular weight is 284 g/mol. The van der Waals surface area contributed by atoms with Gasteiger partial charge in [0.25, 0.3) is 0 Å². The van der Waals surface area contributed by atoms with Crippen LogP contribution in [0.5, 0.6) is 5.75 Å². The third-order valence-corrected chi connectivity index (χ3v) is 3.41. The SMILES string of the molecule is COc1ccccc1C(C)NC(=O)[C@@H](N)c1ccccc1. The fraction of sp³-hybridized carbons (Fsp3) is 0.235. The number of nitrogens with one attached hydrogen (secondary N) is 1. The average Bonchev–Trinajstić information content (AvgIpc) is 2.54. The van der Waals surface area contributed by atoms with Crippen molar-refractivity contribution < 1.29 is 9.53 Å². The number of ether oxygens (including phenoxy) is 1. The molecule has 21 heavy (non-hydrogen) atoms. The topological polar surface area (TPSA) is 64.3 Å². The third-order valence-electron chi connectivity index (χ3n) is 3.41. The summed E-state index contributed by atoms with van der Waals surface area (Å²) >= 11 is 0. The minimum Gasteiger partial charge on any atom is -0.496 e. The van der Waals surface area contributed by atoms with Crippen molar-refractivity contribution in [3.05, 3.63) is 65.7 Å². The molecule has 0 aliphatic heterocycles. The molecule has 1 unspecified atom stereocenters. The number of amides is 1. The van der Waals surface area contributed by atoms with Gasteiger partial charge in [0.05, 0.1) is 13.2 Å². The van der Waals surface area contributed by atoms with Gasteiger partial charge in [0.2, 0.25) is 5.91 Å². The maximum atomic E-state index is 12.2. The van der Waals surface area contributed by atoms with E-state index in [2.05, 4.69) is 5.32 Å². The largest absolute Gasteiger partial charge is 0.496 e. The van der Waals surface area contributed by atoms with E-state index in [0.717, 1.165) is 16.9 Å². The van der Waals surface area contributed by atoms with Gasteiger partial charge in [0.1, 0.15) is 11.8 Å². The molecule has 0 aliphatic rings. The van der Waals surface area contributed by atoms with Crippen LogP contribution < -0.4 is 15.8 Å². The van der Waals surface area contributed by atoms with E-state index >= 15 is 0 Å². The number of para-hydroxylation sites is 1. The smallest absolute Gasteiger partial charge is 0.241 e. The van der Waals surface area contributed by atoms with Crippen molar-refractivity contribution in [1.82, 2.24) is 5.32 Å². The van der Waals surface area contributed by atoms with Crippen LogP contribution in [0.2, 0.25) is 0 Å². The normalized spacial score (nSPS) is 13.3. The minimum absolute atomic E-state index is 0.177. The van der Waals surface area contributed by atoms with Crippen LogP contribution in [0.3, 0.4) is 0 Å². The lowest BCUT2D eigenvalue weighted by Crippen LogP contribution is -2.35. The molecule has 110 valence electrons. The van der Waals surface area contributed by atoms with Crippen LogP contribution in [-0.4, -0.2) is 13.0 Å². The maximum absolute atomic E-state index is 12.2. The van der Waals surface area contributed by atoms with Crippen LogP contribution >= 0.6 is 0 Å². The molecule has 0 saturated carbocycles. The van der Waals surface area contributed by atoms with Gasteiger partial charge in [-0.15, -0.1) is 0 Å². The molecule has 0 fully saturated rings. The number of carbonyl (C=O) groups excluding carboxylic acids is 1. The molecule has 0 bridgehead atoms. The molecule has 0 heterocycles. The second kappa shape index (κ2) is 6.90. The van der Waals surface area contributed by atoms with Crippen molar-refractivity contribution in [2.45, 2.75) is 19.0 Å². The molecular weight excluding hydrogens is 264 g/mol. The van der Waals surface area contributed by atoms with E-state index in [1.165, 1.54) is 0 Å². The number of carbonyl (C=O) groups is 1. The van der Waals surface area contributed by atoms with E-state index in [0.29, 0.717) is 0 Å². The summed E-state index contributed by atoms with van der Waals surface area (Å²) in [5.41, 5.74) is 7.71. The molecular formula is C17H20N2O2. The molecule has 2 atom stereocenters. The number of methoxy groups -OCH3 is 1. The highest BCUT2D eigenvalue weighted by Crippen LogP contribution is 2.24. The monoisotopic (exact) mass is 284 g/mol. The van der Waals surface area contributed by atoms with Gasteiger partial charge in [-0.1, -0.05) is 48.5 Å². The number of nitrogens with two attached hydrogens (primary N) is 1. The lowest BCUT2D eigenvalue weighted by Gasteiger charge is -2.20. The first-order chi connectivity index (χ1) is 10.1. The van der Waals surface area contributed by atoms with E-state index in [9.17, 15) is 4.79 Å².